The van der Waals surface area contributed by atoms with Crippen molar-refractivity contribution in [2.24, 2.45) is 5.92 Å². The van der Waals surface area contributed by atoms with E-state index in [0.717, 1.165) is 12.1 Å². The molecule has 1 amide bonds. The van der Waals surface area contributed by atoms with E-state index in [4.69, 9.17) is 4.74 Å². The second-order valence-electron chi connectivity index (χ2n) is 4.84. The Balaban J connectivity index is 0.00000242. The monoisotopic (exact) mass is 385 g/mol. The molecule has 1 aromatic carbocycles. The molecule has 0 saturated heterocycles. The molecule has 0 bridgehead atoms. The summed E-state index contributed by atoms with van der Waals surface area (Å²) in [6.45, 7) is 1.64. The fraction of sp³-hybridized carbons (Fsp3) is 0.400. The molecule has 1 aliphatic heterocycles. The number of allylic oxidation sites excluding steroid dienone is 1. The summed E-state index contributed by atoms with van der Waals surface area (Å²) in [5.74, 6) is -2.03. The Bertz CT molecular complexity index is 569. The van der Waals surface area contributed by atoms with E-state index < -0.39 is 11.6 Å². The SMILES string of the molecule is COCOc1cc(F)c(C2=[C-]CC(C)C(=O)N2C)c(F)c1.[Y]. The Morgan fingerprint density at radius 2 is 1.95 bits per heavy atom. The van der Waals surface area contributed by atoms with Gasteiger partial charge in [-0.25, -0.2) is 14.9 Å². The molecule has 0 fully saturated rings. The quantitative estimate of drug-likeness (QED) is 0.591. The number of carbonyl (C=O) groups is 1. The zero-order valence-electron chi connectivity index (χ0n) is 12.7. The van der Waals surface area contributed by atoms with Gasteiger partial charge in [-0.15, -0.1) is 5.70 Å². The molecule has 1 aliphatic rings. The van der Waals surface area contributed by atoms with Gasteiger partial charge in [0.05, 0.1) is 11.6 Å². The number of rotatable bonds is 4. The van der Waals surface area contributed by atoms with E-state index in [1.165, 1.54) is 19.1 Å². The van der Waals surface area contributed by atoms with E-state index in [9.17, 15) is 13.6 Å². The minimum absolute atomic E-state index is 0. The molecule has 1 radical (unpaired) electrons. The van der Waals surface area contributed by atoms with Crippen LogP contribution in [0, 0.1) is 23.6 Å². The maximum Gasteiger partial charge on any atom is 0.225 e. The third kappa shape index (κ3) is 3.92. The number of hydrogen-bond acceptors (Lipinski definition) is 3. The van der Waals surface area contributed by atoms with Crippen LogP contribution >= 0.6 is 0 Å². The van der Waals surface area contributed by atoms with Gasteiger partial charge in [-0.2, -0.15) is 0 Å². The van der Waals surface area contributed by atoms with E-state index >= 15 is 0 Å². The molecule has 0 spiro atoms. The van der Waals surface area contributed by atoms with Gasteiger partial charge in [0, 0.05) is 52.8 Å². The first kappa shape index (κ1) is 19.2. The first-order chi connectivity index (χ1) is 9.95. The minimum Gasteiger partial charge on any atom is -0.467 e. The van der Waals surface area contributed by atoms with Crippen molar-refractivity contribution in [1.82, 2.24) is 4.90 Å². The third-order valence-corrected chi connectivity index (χ3v) is 3.26. The Labute approximate surface area is 153 Å². The Morgan fingerprint density at radius 1 is 1.36 bits per heavy atom. The van der Waals surface area contributed by atoms with E-state index in [1.807, 2.05) is 0 Å². The Morgan fingerprint density at radius 3 is 2.50 bits per heavy atom. The molecule has 1 atom stereocenters. The van der Waals surface area contributed by atoms with Crippen molar-refractivity contribution in [3.05, 3.63) is 35.4 Å². The van der Waals surface area contributed by atoms with E-state index in [0.29, 0.717) is 6.42 Å². The summed E-state index contributed by atoms with van der Waals surface area (Å²) in [4.78, 5) is 13.1. The standard InChI is InChI=1S/C15H16F2NO3.Y/c1-9-4-5-13(18(2)15(9)19)14-11(16)6-10(7-12(14)17)21-8-20-3;/h6-7,9H,4,8H2,1-3H3;/q-1;. The first-order valence-electron chi connectivity index (χ1n) is 6.45. The number of nitrogens with zero attached hydrogens (tertiary/aromatic N) is 1. The van der Waals surface area contributed by atoms with Crippen LogP contribution in [-0.4, -0.2) is 31.8 Å². The van der Waals surface area contributed by atoms with Gasteiger partial charge < -0.3 is 14.4 Å². The van der Waals surface area contributed by atoms with Gasteiger partial charge in [-0.3, -0.25) is 4.79 Å². The third-order valence-electron chi connectivity index (χ3n) is 3.26. The van der Waals surface area contributed by atoms with Gasteiger partial charge >= 0.3 is 0 Å². The minimum atomic E-state index is -0.808. The van der Waals surface area contributed by atoms with Crippen LogP contribution in [0.1, 0.15) is 18.9 Å². The molecule has 2 rings (SSSR count). The number of benzene rings is 1. The Hall–Kier alpha value is -0.846. The van der Waals surface area contributed by atoms with Gasteiger partial charge in [-0.1, -0.05) is 18.9 Å². The number of carbonyl (C=O) groups excluding carboxylic acids is 1. The van der Waals surface area contributed by atoms with Crippen LogP contribution in [0.4, 0.5) is 8.78 Å². The van der Waals surface area contributed by atoms with Crippen molar-refractivity contribution in [3.8, 4) is 5.75 Å². The van der Waals surface area contributed by atoms with Crippen LogP contribution in [-0.2, 0) is 42.2 Å². The number of methoxy groups -OCH3 is 1. The molecular formula is C15H16F2NO3Y-. The fourth-order valence-electron chi connectivity index (χ4n) is 2.14. The molecule has 0 aliphatic carbocycles. The molecule has 117 valence electrons. The average molecular weight is 385 g/mol. The van der Waals surface area contributed by atoms with Crippen molar-refractivity contribution >= 4 is 11.6 Å². The first-order valence-corrected chi connectivity index (χ1v) is 6.45. The molecule has 0 saturated carbocycles. The summed E-state index contributed by atoms with van der Waals surface area (Å²) in [5.41, 5.74) is -0.158. The molecule has 1 unspecified atom stereocenters. The van der Waals surface area contributed by atoms with Crippen LogP contribution < -0.4 is 4.74 Å². The predicted octanol–water partition coefficient (Wildman–Crippen LogP) is 2.59. The molecule has 4 nitrogen and oxygen atoms in total. The smallest absolute Gasteiger partial charge is 0.225 e. The van der Waals surface area contributed by atoms with Crippen LogP contribution in [0.2, 0.25) is 0 Å². The second kappa shape index (κ2) is 8.13. The Kier molecular flexibility index (Phi) is 7.10. The van der Waals surface area contributed by atoms with E-state index in [1.54, 1.807) is 6.92 Å². The maximum absolute atomic E-state index is 14.2. The van der Waals surface area contributed by atoms with Crippen LogP contribution in [0.25, 0.3) is 5.70 Å². The van der Waals surface area contributed by atoms with Gasteiger partial charge in [-0.05, 0) is 12.1 Å². The van der Waals surface area contributed by atoms with Gasteiger partial charge in [0.1, 0.15) is 5.75 Å². The second-order valence-corrected chi connectivity index (χ2v) is 4.84. The molecule has 1 aromatic rings. The molecule has 22 heavy (non-hydrogen) atoms. The van der Waals surface area contributed by atoms with Crippen LogP contribution in [0.3, 0.4) is 0 Å². The number of ether oxygens (including phenoxy) is 2. The molecule has 0 N–H and O–H groups in total. The summed E-state index contributed by atoms with van der Waals surface area (Å²) in [7, 11) is 2.89. The predicted molar refractivity (Wildman–Crippen MR) is 72.1 cm³/mol. The zero-order chi connectivity index (χ0) is 15.6. The molecule has 0 aromatic heterocycles. The normalized spacial score (nSPS) is 17.9. The molecular weight excluding hydrogens is 369 g/mol. The molecule has 1 heterocycles. The zero-order valence-corrected chi connectivity index (χ0v) is 15.5. The van der Waals surface area contributed by atoms with Crippen LogP contribution in [0.15, 0.2) is 12.1 Å². The summed E-state index contributed by atoms with van der Waals surface area (Å²) < 4.78 is 38.0. The summed E-state index contributed by atoms with van der Waals surface area (Å²) in [6, 6.07) is 2.12. The largest absolute Gasteiger partial charge is 0.467 e. The van der Waals surface area contributed by atoms with Crippen molar-refractivity contribution in [2.45, 2.75) is 13.3 Å². The van der Waals surface area contributed by atoms with Crippen molar-refractivity contribution < 1.29 is 55.8 Å². The van der Waals surface area contributed by atoms with Crippen molar-refractivity contribution in [1.29, 1.82) is 0 Å². The van der Waals surface area contributed by atoms with Crippen molar-refractivity contribution in [2.75, 3.05) is 21.0 Å². The summed E-state index contributed by atoms with van der Waals surface area (Å²) in [5, 5.41) is 0. The van der Waals surface area contributed by atoms with Gasteiger partial charge in [0.15, 0.2) is 6.79 Å². The van der Waals surface area contributed by atoms with E-state index in [-0.39, 0.29) is 68.3 Å². The number of amides is 1. The van der Waals surface area contributed by atoms with Crippen LogP contribution in [0.5, 0.6) is 5.75 Å². The topological polar surface area (TPSA) is 38.8 Å². The van der Waals surface area contributed by atoms with Gasteiger partial charge in [0.2, 0.25) is 5.91 Å². The number of hydrogen-bond donors (Lipinski definition) is 0. The van der Waals surface area contributed by atoms with Crippen molar-refractivity contribution in [3.63, 3.8) is 0 Å². The molecule has 7 heteroatoms. The van der Waals surface area contributed by atoms with E-state index in [2.05, 4.69) is 10.8 Å². The maximum atomic E-state index is 14.2. The average Bonchev–Trinajstić information content (AvgIpc) is 2.44. The number of halogens is 2. The van der Waals surface area contributed by atoms with Gasteiger partial charge in [0.25, 0.3) is 0 Å². The fourth-order valence-corrected chi connectivity index (χ4v) is 2.14. The summed E-state index contributed by atoms with van der Waals surface area (Å²) >= 11 is 0. The summed E-state index contributed by atoms with van der Waals surface area (Å²) in [6.07, 6.45) is 3.22.